The zero-order valence-electron chi connectivity index (χ0n) is 10.3. The molecule has 1 fully saturated rings. The molecule has 2 aromatic rings. The Hall–Kier alpha value is -2.33. The number of nitrogens with two attached hydrogens (primary N) is 1. The Kier molecular flexibility index (Phi) is 2.95. The molecule has 0 aliphatic carbocycles. The highest BCUT2D eigenvalue weighted by molar-refractivity contribution is 5.74. The van der Waals surface area contributed by atoms with Gasteiger partial charge in [-0.2, -0.15) is 15.0 Å². The number of nitroso groups, excluding NO2 is 1. The van der Waals surface area contributed by atoms with Crippen LogP contribution in [0.2, 0.25) is 0 Å². The number of aromatic nitrogens is 4. The van der Waals surface area contributed by atoms with E-state index in [-0.39, 0.29) is 30.0 Å². The van der Waals surface area contributed by atoms with Crippen LogP contribution < -0.4 is 11.3 Å². The Labute approximate surface area is 111 Å². The monoisotopic (exact) mass is 280 g/mol. The quantitative estimate of drug-likeness (QED) is 0.618. The molecule has 10 heteroatoms. The maximum atomic E-state index is 11.7. The third kappa shape index (κ3) is 1.85. The average Bonchev–Trinajstić information content (AvgIpc) is 3.01. The molecular weight excluding hydrogens is 268 g/mol. The minimum absolute atomic E-state index is 0.0361. The summed E-state index contributed by atoms with van der Waals surface area (Å²) in [6.07, 6.45) is 0.289. The molecule has 2 aromatic heterocycles. The highest BCUT2D eigenvalue weighted by Gasteiger charge is 2.38. The number of ether oxygens (including phenoxy) is 1. The number of nitrogen functional groups attached to an aromatic ring is 1. The van der Waals surface area contributed by atoms with Crippen LogP contribution in [0.5, 0.6) is 0 Å². The van der Waals surface area contributed by atoms with Gasteiger partial charge in [0.15, 0.2) is 11.9 Å². The Morgan fingerprint density at radius 2 is 2.45 bits per heavy atom. The molecule has 0 amide bonds. The first kappa shape index (κ1) is 12.7. The lowest BCUT2D eigenvalue weighted by atomic mass is 10.1. The second-order valence-electron chi connectivity index (χ2n) is 4.50. The molecule has 3 rings (SSSR count). The Balaban J connectivity index is 2.03. The minimum Gasteiger partial charge on any atom is -0.394 e. The van der Waals surface area contributed by atoms with E-state index in [0.717, 1.165) is 0 Å². The number of fused-ring (bicyclic) bond motifs is 1. The van der Waals surface area contributed by atoms with Crippen molar-refractivity contribution >= 4 is 17.0 Å². The number of nitrogens with one attached hydrogen (secondary N) is 1. The van der Waals surface area contributed by atoms with E-state index in [1.54, 1.807) is 0 Å². The number of nitrogens with zero attached hydrogens (tertiary/aromatic N) is 4. The fourth-order valence-corrected chi connectivity index (χ4v) is 2.30. The summed E-state index contributed by atoms with van der Waals surface area (Å²) in [5, 5.41) is 16.4. The zero-order valence-corrected chi connectivity index (χ0v) is 10.3. The van der Waals surface area contributed by atoms with Crippen LogP contribution in [0.4, 0.5) is 5.95 Å². The van der Waals surface area contributed by atoms with Gasteiger partial charge in [-0.05, 0) is 0 Å². The van der Waals surface area contributed by atoms with Crippen LogP contribution in [0.3, 0.4) is 0 Å². The Bertz CT molecular complexity index is 709. The molecule has 4 N–H and O–H groups in total. The molecule has 1 aliphatic heterocycles. The second-order valence-corrected chi connectivity index (χ2v) is 4.50. The number of H-pyrrole nitrogens is 1. The standard InChI is InChI=1S/C10H12N6O4/c11-10-13-8-4(9(18)14-10)2-12-16(8)7-1-5(15-19)6(3-17)20-7/h2,5-7,17H,1,3H2,(H3,11,13,14,18). The SMILES string of the molecule is Nc1nc2c(cnn2C2CC(N=O)C(CO)O2)c(=O)[nH]1. The first-order valence-electron chi connectivity index (χ1n) is 5.96. The lowest BCUT2D eigenvalue weighted by Crippen LogP contribution is -2.23. The van der Waals surface area contributed by atoms with E-state index in [9.17, 15) is 9.70 Å². The maximum absolute atomic E-state index is 11.7. The highest BCUT2D eigenvalue weighted by Crippen LogP contribution is 2.31. The van der Waals surface area contributed by atoms with Crippen LogP contribution in [0.1, 0.15) is 12.6 Å². The fraction of sp³-hybridized carbons (Fsp3) is 0.500. The molecule has 0 radical (unpaired) electrons. The molecule has 0 saturated carbocycles. The Morgan fingerprint density at radius 3 is 3.10 bits per heavy atom. The lowest BCUT2D eigenvalue weighted by Gasteiger charge is -2.12. The smallest absolute Gasteiger partial charge is 0.263 e. The predicted octanol–water partition coefficient (Wildman–Crippen LogP) is -0.883. The van der Waals surface area contributed by atoms with Crippen molar-refractivity contribution in [3.63, 3.8) is 0 Å². The molecule has 3 heterocycles. The minimum atomic E-state index is -0.684. The molecular formula is C10H12N6O4. The normalized spacial score (nSPS) is 26.1. The summed E-state index contributed by atoms with van der Waals surface area (Å²) in [6.45, 7) is -0.317. The molecule has 0 aromatic carbocycles. The van der Waals surface area contributed by atoms with E-state index in [1.807, 2.05) is 0 Å². The van der Waals surface area contributed by atoms with E-state index in [4.69, 9.17) is 15.6 Å². The van der Waals surface area contributed by atoms with Crippen LogP contribution >= 0.6 is 0 Å². The van der Waals surface area contributed by atoms with Crippen molar-refractivity contribution < 1.29 is 9.84 Å². The van der Waals surface area contributed by atoms with E-state index in [2.05, 4.69) is 20.2 Å². The van der Waals surface area contributed by atoms with Crippen LogP contribution in [-0.4, -0.2) is 43.6 Å². The van der Waals surface area contributed by atoms with Gasteiger partial charge in [-0.1, -0.05) is 5.18 Å². The maximum Gasteiger partial charge on any atom is 0.263 e. The predicted molar refractivity (Wildman–Crippen MR) is 67.8 cm³/mol. The molecule has 1 aliphatic rings. The lowest BCUT2D eigenvalue weighted by molar-refractivity contribution is -0.0286. The van der Waals surface area contributed by atoms with Crippen molar-refractivity contribution in [1.82, 2.24) is 19.7 Å². The van der Waals surface area contributed by atoms with Gasteiger partial charge in [0.05, 0.1) is 12.8 Å². The zero-order chi connectivity index (χ0) is 14.3. The molecule has 10 nitrogen and oxygen atoms in total. The Morgan fingerprint density at radius 1 is 1.65 bits per heavy atom. The van der Waals surface area contributed by atoms with Gasteiger partial charge >= 0.3 is 0 Å². The molecule has 20 heavy (non-hydrogen) atoms. The topological polar surface area (TPSA) is 148 Å². The van der Waals surface area contributed by atoms with E-state index in [1.165, 1.54) is 10.9 Å². The van der Waals surface area contributed by atoms with Crippen LogP contribution in [0.25, 0.3) is 11.0 Å². The number of aliphatic hydroxyl groups is 1. The van der Waals surface area contributed by atoms with Gasteiger partial charge in [0.25, 0.3) is 5.56 Å². The summed E-state index contributed by atoms with van der Waals surface area (Å²) >= 11 is 0. The summed E-state index contributed by atoms with van der Waals surface area (Å²) in [5.41, 5.74) is 5.36. The van der Waals surface area contributed by atoms with E-state index in [0.29, 0.717) is 0 Å². The van der Waals surface area contributed by atoms with Crippen molar-refractivity contribution in [3.8, 4) is 0 Å². The highest BCUT2D eigenvalue weighted by atomic mass is 16.5. The van der Waals surface area contributed by atoms with Crippen molar-refractivity contribution in [2.75, 3.05) is 12.3 Å². The number of hydrogen-bond acceptors (Lipinski definition) is 8. The van der Waals surface area contributed by atoms with Gasteiger partial charge in [0.2, 0.25) is 5.95 Å². The van der Waals surface area contributed by atoms with Gasteiger partial charge in [-0.25, -0.2) is 4.68 Å². The van der Waals surface area contributed by atoms with Gasteiger partial charge < -0.3 is 15.6 Å². The number of aliphatic hydroxyl groups excluding tert-OH is 1. The molecule has 3 unspecified atom stereocenters. The average molecular weight is 280 g/mol. The third-order valence-corrected chi connectivity index (χ3v) is 3.27. The van der Waals surface area contributed by atoms with E-state index < -0.39 is 23.9 Å². The summed E-state index contributed by atoms with van der Waals surface area (Å²) in [4.78, 5) is 28.8. The molecule has 106 valence electrons. The van der Waals surface area contributed by atoms with Crippen LogP contribution in [0, 0.1) is 4.91 Å². The van der Waals surface area contributed by atoms with Gasteiger partial charge in [0, 0.05) is 6.42 Å². The van der Waals surface area contributed by atoms with Crippen molar-refractivity contribution in [2.24, 2.45) is 5.18 Å². The molecule has 0 spiro atoms. The summed E-state index contributed by atoms with van der Waals surface area (Å²) in [5.74, 6) is -0.0361. The largest absolute Gasteiger partial charge is 0.394 e. The number of rotatable bonds is 3. The molecule has 3 atom stereocenters. The number of anilines is 1. The van der Waals surface area contributed by atoms with E-state index >= 15 is 0 Å². The van der Waals surface area contributed by atoms with Gasteiger partial charge in [-0.3, -0.25) is 9.78 Å². The molecule has 0 bridgehead atoms. The summed E-state index contributed by atoms with van der Waals surface area (Å²) < 4.78 is 6.88. The third-order valence-electron chi connectivity index (χ3n) is 3.27. The van der Waals surface area contributed by atoms with Gasteiger partial charge in [0.1, 0.15) is 17.5 Å². The molecule has 1 saturated heterocycles. The summed E-state index contributed by atoms with van der Waals surface area (Å²) in [6, 6.07) is -0.663. The van der Waals surface area contributed by atoms with Crippen LogP contribution in [0.15, 0.2) is 16.2 Å². The number of aromatic amines is 1. The van der Waals surface area contributed by atoms with Crippen molar-refractivity contribution in [2.45, 2.75) is 24.8 Å². The summed E-state index contributed by atoms with van der Waals surface area (Å²) in [7, 11) is 0. The van der Waals surface area contributed by atoms with Crippen molar-refractivity contribution in [3.05, 3.63) is 21.5 Å². The fourth-order valence-electron chi connectivity index (χ4n) is 2.30. The van der Waals surface area contributed by atoms with Crippen LogP contribution in [-0.2, 0) is 4.74 Å². The first-order chi connectivity index (χ1) is 9.63. The first-order valence-corrected chi connectivity index (χ1v) is 5.96. The second kappa shape index (κ2) is 4.65. The number of hydrogen-bond donors (Lipinski definition) is 3. The van der Waals surface area contributed by atoms with Crippen molar-refractivity contribution in [1.29, 1.82) is 0 Å². The van der Waals surface area contributed by atoms with Gasteiger partial charge in [-0.15, -0.1) is 0 Å².